The molecule has 0 saturated heterocycles. The molecule has 10 nitrogen and oxygen atoms in total. The fourth-order valence-electron chi connectivity index (χ4n) is 3.45. The summed E-state index contributed by atoms with van der Waals surface area (Å²) >= 11 is 0. The van der Waals surface area contributed by atoms with Gasteiger partial charge in [0.2, 0.25) is 5.91 Å². The van der Waals surface area contributed by atoms with Gasteiger partial charge in [0.1, 0.15) is 11.6 Å². The molecule has 4 aromatic rings. The molecule has 0 fully saturated rings. The molecule has 1 aromatic heterocycles. The average Bonchev–Trinajstić information content (AvgIpc) is 2.83. The number of hydrogen-bond acceptors (Lipinski definition) is 8. The molecule has 0 radical (unpaired) electrons. The van der Waals surface area contributed by atoms with Crippen LogP contribution in [0.4, 0.5) is 27.4 Å². The number of para-hydroxylation sites is 2. The number of benzene rings is 3. The van der Waals surface area contributed by atoms with Crippen LogP contribution in [-0.2, 0) is 14.8 Å². The average molecular weight is 511 g/mol. The van der Waals surface area contributed by atoms with Gasteiger partial charge in [-0.1, -0.05) is 18.2 Å². The van der Waals surface area contributed by atoms with Crippen molar-refractivity contribution in [1.82, 2.24) is 9.97 Å². The molecule has 0 spiro atoms. The van der Waals surface area contributed by atoms with Gasteiger partial charge in [-0.3, -0.25) is 9.52 Å². The molecule has 0 unspecified atom stereocenters. The number of amides is 1. The Morgan fingerprint density at radius 3 is 2.39 bits per heavy atom. The molecule has 186 valence electrons. The van der Waals surface area contributed by atoms with Gasteiger partial charge >= 0.3 is 0 Å². The molecule has 0 aliphatic heterocycles. The molecule has 4 rings (SSSR count). The SMILES string of the molecule is COc1cc(F)cc(Nc2nc3ccccc3nc2NS(=O)(=O)c2cccc(N(C)CC(N)=O)c2)c1. The van der Waals surface area contributed by atoms with Gasteiger partial charge in [-0.05, 0) is 36.4 Å². The van der Waals surface area contributed by atoms with Crippen molar-refractivity contribution in [3.05, 3.63) is 72.5 Å². The largest absolute Gasteiger partial charge is 0.497 e. The number of primary amides is 1. The van der Waals surface area contributed by atoms with Crippen LogP contribution >= 0.6 is 0 Å². The van der Waals surface area contributed by atoms with E-state index in [9.17, 15) is 17.6 Å². The third kappa shape index (κ3) is 5.61. The maximum absolute atomic E-state index is 14.0. The number of ether oxygens (including phenoxy) is 1. The normalized spacial score (nSPS) is 11.2. The number of aromatic nitrogens is 2. The quantitative estimate of drug-likeness (QED) is 0.312. The van der Waals surface area contributed by atoms with Crippen LogP contribution in [0.5, 0.6) is 5.75 Å². The van der Waals surface area contributed by atoms with Crippen molar-refractivity contribution in [2.24, 2.45) is 5.73 Å². The molecule has 0 aliphatic rings. The number of methoxy groups -OCH3 is 1. The van der Waals surface area contributed by atoms with Crippen molar-refractivity contribution >= 4 is 50.0 Å². The highest BCUT2D eigenvalue weighted by Gasteiger charge is 2.20. The van der Waals surface area contributed by atoms with E-state index in [4.69, 9.17) is 10.5 Å². The summed E-state index contributed by atoms with van der Waals surface area (Å²) in [6.07, 6.45) is 0. The predicted molar refractivity (Wildman–Crippen MR) is 135 cm³/mol. The van der Waals surface area contributed by atoms with Crippen molar-refractivity contribution < 1.29 is 22.3 Å². The summed E-state index contributed by atoms with van der Waals surface area (Å²) in [4.78, 5) is 21.6. The van der Waals surface area contributed by atoms with E-state index in [0.29, 0.717) is 16.7 Å². The molecule has 1 amide bonds. The van der Waals surface area contributed by atoms with Gasteiger partial charge in [-0.2, -0.15) is 0 Å². The zero-order valence-corrected chi connectivity index (χ0v) is 20.2. The summed E-state index contributed by atoms with van der Waals surface area (Å²) in [7, 11) is -1.11. The Morgan fingerprint density at radius 2 is 1.72 bits per heavy atom. The Balaban J connectivity index is 1.73. The van der Waals surface area contributed by atoms with E-state index in [2.05, 4.69) is 20.0 Å². The van der Waals surface area contributed by atoms with Crippen LogP contribution in [-0.4, -0.2) is 45.0 Å². The zero-order valence-electron chi connectivity index (χ0n) is 19.4. The Labute approximate surface area is 207 Å². The van der Waals surface area contributed by atoms with Crippen molar-refractivity contribution in [3.8, 4) is 5.75 Å². The number of rotatable bonds is 9. The predicted octanol–water partition coefficient (Wildman–Crippen LogP) is 3.24. The van der Waals surface area contributed by atoms with E-state index in [1.54, 1.807) is 43.4 Å². The fraction of sp³-hybridized carbons (Fsp3) is 0.125. The van der Waals surface area contributed by atoms with Crippen LogP contribution in [0, 0.1) is 5.82 Å². The molecular weight excluding hydrogens is 487 g/mol. The number of hydrogen-bond donors (Lipinski definition) is 3. The summed E-state index contributed by atoms with van der Waals surface area (Å²) in [5, 5.41) is 2.93. The summed E-state index contributed by atoms with van der Waals surface area (Å²) in [6.45, 7) is -0.0851. The minimum atomic E-state index is -4.14. The molecule has 0 saturated carbocycles. The second-order valence-corrected chi connectivity index (χ2v) is 9.52. The molecule has 4 N–H and O–H groups in total. The van der Waals surface area contributed by atoms with Crippen molar-refractivity contribution in [2.75, 3.05) is 35.6 Å². The Bertz CT molecular complexity index is 1550. The number of nitrogens with one attached hydrogen (secondary N) is 2. The third-order valence-corrected chi connectivity index (χ3v) is 6.47. The molecule has 0 atom stereocenters. The van der Waals surface area contributed by atoms with Gasteiger partial charge in [0.05, 0.1) is 29.6 Å². The highest BCUT2D eigenvalue weighted by Crippen LogP contribution is 2.29. The molecule has 12 heteroatoms. The number of likely N-dealkylation sites (N-methyl/N-ethyl adjacent to an activating group) is 1. The van der Waals surface area contributed by atoms with Gasteiger partial charge in [0, 0.05) is 30.6 Å². The number of carbonyl (C=O) groups excluding carboxylic acids is 1. The lowest BCUT2D eigenvalue weighted by Crippen LogP contribution is -2.30. The standard InChI is InChI=1S/C24H23FN6O4S/c1-31(14-22(26)32)17-6-5-7-19(13-17)36(33,34)30-24-23(28-20-8-3-4-9-21(20)29-24)27-16-10-15(25)11-18(12-16)35-2/h3-13H,14H2,1-2H3,(H2,26,32)(H,27,28)(H,29,30). The van der Waals surface area contributed by atoms with Crippen LogP contribution < -0.4 is 25.4 Å². The Hall–Kier alpha value is -4.45. The molecule has 0 bridgehead atoms. The second kappa shape index (κ2) is 10.0. The number of nitrogens with two attached hydrogens (primary N) is 1. The number of nitrogens with zero attached hydrogens (tertiary/aromatic N) is 3. The number of halogens is 1. The summed E-state index contributed by atoms with van der Waals surface area (Å²) in [6, 6.07) is 16.9. The lowest BCUT2D eigenvalue weighted by molar-refractivity contribution is -0.116. The molecule has 0 aliphatic carbocycles. The van der Waals surface area contributed by atoms with E-state index in [0.717, 1.165) is 0 Å². The van der Waals surface area contributed by atoms with Crippen LogP contribution in [0.15, 0.2) is 71.6 Å². The van der Waals surface area contributed by atoms with Gasteiger partial charge in [-0.15, -0.1) is 0 Å². The van der Waals surface area contributed by atoms with Gasteiger partial charge in [0.15, 0.2) is 11.6 Å². The molecule has 3 aromatic carbocycles. The molecule has 36 heavy (non-hydrogen) atoms. The van der Waals surface area contributed by atoms with Crippen LogP contribution in [0.1, 0.15) is 0 Å². The van der Waals surface area contributed by atoms with E-state index in [1.807, 2.05) is 0 Å². The first kappa shape index (κ1) is 24.7. The number of anilines is 4. The number of carbonyl (C=O) groups is 1. The summed E-state index contributed by atoms with van der Waals surface area (Å²) in [5.74, 6) is -0.866. The van der Waals surface area contributed by atoms with Crippen molar-refractivity contribution in [3.63, 3.8) is 0 Å². The fourth-order valence-corrected chi connectivity index (χ4v) is 4.50. The van der Waals surface area contributed by atoms with Crippen molar-refractivity contribution in [1.29, 1.82) is 0 Å². The van der Waals surface area contributed by atoms with Crippen LogP contribution in [0.25, 0.3) is 11.0 Å². The summed E-state index contributed by atoms with van der Waals surface area (Å²) < 4.78 is 48.2. The summed E-state index contributed by atoms with van der Waals surface area (Å²) in [5.41, 5.74) is 6.96. The number of fused-ring (bicyclic) bond motifs is 1. The third-order valence-electron chi connectivity index (χ3n) is 5.13. The van der Waals surface area contributed by atoms with Gasteiger partial charge in [0.25, 0.3) is 10.0 Å². The first-order valence-electron chi connectivity index (χ1n) is 10.7. The zero-order chi connectivity index (χ0) is 25.9. The van der Waals surface area contributed by atoms with E-state index in [-0.39, 0.29) is 34.5 Å². The minimum Gasteiger partial charge on any atom is -0.497 e. The monoisotopic (exact) mass is 510 g/mol. The molecule has 1 heterocycles. The highest BCUT2D eigenvalue weighted by molar-refractivity contribution is 7.92. The lowest BCUT2D eigenvalue weighted by Gasteiger charge is -2.18. The Morgan fingerprint density at radius 1 is 1.03 bits per heavy atom. The topological polar surface area (TPSA) is 140 Å². The van der Waals surface area contributed by atoms with Gasteiger partial charge < -0.3 is 20.7 Å². The first-order valence-corrected chi connectivity index (χ1v) is 12.1. The van der Waals surface area contributed by atoms with Crippen LogP contribution in [0.2, 0.25) is 0 Å². The van der Waals surface area contributed by atoms with E-state index >= 15 is 0 Å². The molecular formula is C24H23FN6O4S. The highest BCUT2D eigenvalue weighted by atomic mass is 32.2. The minimum absolute atomic E-state index is 0.0620. The second-order valence-electron chi connectivity index (χ2n) is 7.84. The first-order chi connectivity index (χ1) is 17.1. The van der Waals surface area contributed by atoms with E-state index in [1.165, 1.54) is 42.3 Å². The van der Waals surface area contributed by atoms with Crippen molar-refractivity contribution in [2.45, 2.75) is 4.90 Å². The maximum atomic E-state index is 14.0. The van der Waals surface area contributed by atoms with Crippen LogP contribution in [0.3, 0.4) is 0 Å². The van der Waals surface area contributed by atoms with E-state index < -0.39 is 21.7 Å². The smallest absolute Gasteiger partial charge is 0.263 e. The van der Waals surface area contributed by atoms with Gasteiger partial charge in [-0.25, -0.2) is 22.8 Å². The maximum Gasteiger partial charge on any atom is 0.263 e. The lowest BCUT2D eigenvalue weighted by atomic mass is 10.2. The Kier molecular flexibility index (Phi) is 6.88. The number of sulfonamides is 1.